The summed E-state index contributed by atoms with van der Waals surface area (Å²) >= 11 is 0. The molecule has 0 bridgehead atoms. The number of aliphatic hydroxyl groups excluding tert-OH is 2. The Balaban J connectivity index is 2.31. The van der Waals surface area contributed by atoms with E-state index in [0.717, 1.165) is 18.4 Å². The molecule has 2 rings (SSSR count). The van der Waals surface area contributed by atoms with Gasteiger partial charge in [-0.1, -0.05) is 13.3 Å². The number of rotatable bonds is 2. The summed E-state index contributed by atoms with van der Waals surface area (Å²) in [6, 6.07) is 0. The van der Waals surface area contributed by atoms with Crippen LogP contribution in [0.3, 0.4) is 0 Å². The van der Waals surface area contributed by atoms with Gasteiger partial charge in [-0.15, -0.1) is 0 Å². The van der Waals surface area contributed by atoms with Crippen molar-refractivity contribution in [2.45, 2.75) is 44.8 Å². The Morgan fingerprint density at radius 3 is 2.94 bits per heavy atom. The average molecular weight is 224 g/mol. The minimum atomic E-state index is -1.09. The van der Waals surface area contributed by atoms with Crippen LogP contribution in [0.25, 0.3) is 0 Å². The van der Waals surface area contributed by atoms with Crippen LogP contribution in [0.4, 0.5) is 0 Å². The van der Waals surface area contributed by atoms with Gasteiger partial charge in [0.1, 0.15) is 11.9 Å². The van der Waals surface area contributed by atoms with Crippen molar-refractivity contribution < 1.29 is 19.7 Å². The van der Waals surface area contributed by atoms with Gasteiger partial charge in [-0.3, -0.25) is 0 Å². The van der Waals surface area contributed by atoms with Gasteiger partial charge in [-0.25, -0.2) is 4.79 Å². The minimum Gasteiger partial charge on any atom is -0.423 e. The van der Waals surface area contributed by atoms with E-state index in [-0.39, 0.29) is 5.57 Å². The second-order valence-electron chi connectivity index (χ2n) is 4.19. The van der Waals surface area contributed by atoms with E-state index in [1.807, 2.05) is 13.0 Å². The molecule has 0 saturated carbocycles. The Labute approximate surface area is 94.2 Å². The third-order valence-corrected chi connectivity index (χ3v) is 3.01. The predicted molar refractivity (Wildman–Crippen MR) is 57.4 cm³/mol. The van der Waals surface area contributed by atoms with Gasteiger partial charge in [-0.05, 0) is 25.3 Å². The largest absolute Gasteiger partial charge is 0.423 e. The molecule has 2 N–H and O–H groups in total. The second-order valence-corrected chi connectivity index (χ2v) is 4.19. The summed E-state index contributed by atoms with van der Waals surface area (Å²) < 4.78 is 5.11. The molecule has 0 aromatic rings. The summed E-state index contributed by atoms with van der Waals surface area (Å²) in [5, 5.41) is 19.2. The topological polar surface area (TPSA) is 66.8 Å². The van der Waals surface area contributed by atoms with Crippen molar-refractivity contribution in [3.8, 4) is 0 Å². The van der Waals surface area contributed by atoms with Crippen LogP contribution in [0.2, 0.25) is 0 Å². The highest BCUT2D eigenvalue weighted by Gasteiger charge is 2.40. The maximum absolute atomic E-state index is 11.5. The molecule has 0 aromatic heterocycles. The molecule has 0 fully saturated rings. The van der Waals surface area contributed by atoms with Crippen molar-refractivity contribution in [3.63, 3.8) is 0 Å². The SMILES string of the molecule is CCC/C=C1\OC(=O)C2=C1CC[C@H](O)[C@@H]2O. The van der Waals surface area contributed by atoms with Crippen LogP contribution in [0, 0.1) is 0 Å². The van der Waals surface area contributed by atoms with Crippen molar-refractivity contribution >= 4 is 5.97 Å². The summed E-state index contributed by atoms with van der Waals surface area (Å²) in [5.74, 6) is 0.0661. The monoisotopic (exact) mass is 224 g/mol. The molecule has 16 heavy (non-hydrogen) atoms. The van der Waals surface area contributed by atoms with Crippen molar-refractivity contribution in [2.24, 2.45) is 0 Å². The van der Waals surface area contributed by atoms with Crippen LogP contribution in [0.1, 0.15) is 32.6 Å². The van der Waals surface area contributed by atoms with Gasteiger partial charge in [0.2, 0.25) is 0 Å². The molecule has 4 nitrogen and oxygen atoms in total. The summed E-state index contributed by atoms with van der Waals surface area (Å²) in [7, 11) is 0. The lowest BCUT2D eigenvalue weighted by Crippen LogP contribution is -2.33. The fourth-order valence-electron chi connectivity index (χ4n) is 2.11. The van der Waals surface area contributed by atoms with E-state index in [0.29, 0.717) is 18.6 Å². The van der Waals surface area contributed by atoms with E-state index >= 15 is 0 Å². The Kier molecular flexibility index (Phi) is 3.12. The van der Waals surface area contributed by atoms with E-state index < -0.39 is 18.2 Å². The van der Waals surface area contributed by atoms with E-state index in [1.54, 1.807) is 0 Å². The third kappa shape index (κ3) is 1.79. The molecular weight excluding hydrogens is 208 g/mol. The van der Waals surface area contributed by atoms with Crippen LogP contribution in [0.15, 0.2) is 23.0 Å². The summed E-state index contributed by atoms with van der Waals surface area (Å²) in [5.41, 5.74) is 1.03. The van der Waals surface area contributed by atoms with Gasteiger partial charge < -0.3 is 14.9 Å². The zero-order valence-electron chi connectivity index (χ0n) is 9.27. The Morgan fingerprint density at radius 2 is 2.25 bits per heavy atom. The number of cyclic esters (lactones) is 1. The lowest BCUT2D eigenvalue weighted by atomic mass is 9.87. The number of carbonyl (C=O) groups excluding carboxylic acids is 1. The molecule has 1 heterocycles. The summed E-state index contributed by atoms with van der Waals surface area (Å²) in [4.78, 5) is 11.5. The first-order valence-electron chi connectivity index (χ1n) is 5.67. The van der Waals surface area contributed by atoms with Gasteiger partial charge in [-0.2, -0.15) is 0 Å². The number of aliphatic hydroxyl groups is 2. The first-order valence-corrected chi connectivity index (χ1v) is 5.67. The first kappa shape index (κ1) is 11.4. The van der Waals surface area contributed by atoms with E-state index in [1.165, 1.54) is 0 Å². The first-order chi connectivity index (χ1) is 7.65. The van der Waals surface area contributed by atoms with Crippen molar-refractivity contribution in [1.82, 2.24) is 0 Å². The molecule has 0 spiro atoms. The highest BCUT2D eigenvalue weighted by molar-refractivity contribution is 5.96. The number of unbranched alkanes of at least 4 members (excludes halogenated alkanes) is 1. The maximum Gasteiger partial charge on any atom is 0.342 e. The van der Waals surface area contributed by atoms with Crippen LogP contribution in [-0.4, -0.2) is 28.4 Å². The molecule has 1 aliphatic heterocycles. The van der Waals surface area contributed by atoms with Crippen molar-refractivity contribution in [1.29, 1.82) is 0 Å². The fraction of sp³-hybridized carbons (Fsp3) is 0.583. The number of hydrogen-bond acceptors (Lipinski definition) is 4. The van der Waals surface area contributed by atoms with E-state index in [9.17, 15) is 15.0 Å². The van der Waals surface area contributed by atoms with E-state index in [2.05, 4.69) is 0 Å². The quantitative estimate of drug-likeness (QED) is 0.688. The van der Waals surface area contributed by atoms with Crippen molar-refractivity contribution in [2.75, 3.05) is 0 Å². The molecule has 0 amide bonds. The van der Waals surface area contributed by atoms with Gasteiger partial charge >= 0.3 is 5.97 Å². The second kappa shape index (κ2) is 4.39. The molecule has 0 aromatic carbocycles. The van der Waals surface area contributed by atoms with Crippen molar-refractivity contribution in [3.05, 3.63) is 23.0 Å². The Bertz CT molecular complexity index is 367. The normalized spacial score (nSPS) is 31.9. The zero-order chi connectivity index (χ0) is 11.7. The summed E-state index contributed by atoms with van der Waals surface area (Å²) in [6.07, 6.45) is 2.83. The molecule has 2 atom stereocenters. The predicted octanol–water partition coefficient (Wildman–Crippen LogP) is 1.04. The minimum absolute atomic E-state index is 0.251. The molecule has 88 valence electrons. The van der Waals surface area contributed by atoms with Crippen LogP contribution in [-0.2, 0) is 9.53 Å². The van der Waals surface area contributed by atoms with Gasteiger partial charge in [0.15, 0.2) is 0 Å². The van der Waals surface area contributed by atoms with Gasteiger partial charge in [0, 0.05) is 5.57 Å². The highest BCUT2D eigenvalue weighted by atomic mass is 16.5. The lowest BCUT2D eigenvalue weighted by molar-refractivity contribution is -0.135. The van der Waals surface area contributed by atoms with Crippen LogP contribution in [0.5, 0.6) is 0 Å². The Hall–Kier alpha value is -1.13. The van der Waals surface area contributed by atoms with E-state index in [4.69, 9.17) is 4.74 Å². The average Bonchev–Trinajstić information content (AvgIpc) is 2.58. The molecule has 0 unspecified atom stereocenters. The summed E-state index contributed by atoms with van der Waals surface area (Å²) in [6.45, 7) is 2.04. The zero-order valence-corrected chi connectivity index (χ0v) is 9.27. The highest BCUT2D eigenvalue weighted by Crippen LogP contribution is 2.37. The van der Waals surface area contributed by atoms with Gasteiger partial charge in [0.25, 0.3) is 0 Å². The number of esters is 1. The van der Waals surface area contributed by atoms with Gasteiger partial charge in [0.05, 0.1) is 11.7 Å². The number of ether oxygens (including phenoxy) is 1. The maximum atomic E-state index is 11.5. The smallest absolute Gasteiger partial charge is 0.342 e. The molecule has 2 aliphatic rings. The van der Waals surface area contributed by atoms with Crippen LogP contribution < -0.4 is 0 Å². The number of carbonyl (C=O) groups is 1. The number of hydrogen-bond donors (Lipinski definition) is 2. The standard InChI is InChI=1S/C12H16O4/c1-2-3-4-9-7-5-6-8(13)11(14)10(7)12(15)16-9/h4,8,11,13-14H,2-3,5-6H2,1H3/b9-4-/t8-,11-/m0/s1. The molecular formula is C12H16O4. The molecule has 0 saturated heterocycles. The molecule has 0 radical (unpaired) electrons. The lowest BCUT2D eigenvalue weighted by Gasteiger charge is -2.22. The van der Waals surface area contributed by atoms with Crippen LogP contribution >= 0.6 is 0 Å². The number of allylic oxidation sites excluding steroid dienone is 2. The third-order valence-electron chi connectivity index (χ3n) is 3.01. The molecule has 4 heteroatoms. The molecule has 1 aliphatic carbocycles. The Morgan fingerprint density at radius 1 is 1.50 bits per heavy atom. The fourth-order valence-corrected chi connectivity index (χ4v) is 2.11.